The average molecular weight is 354 g/mol. The van der Waals surface area contributed by atoms with Gasteiger partial charge in [0.05, 0.1) is 24.8 Å². The molecule has 0 amide bonds. The van der Waals surface area contributed by atoms with Gasteiger partial charge in [-0.15, -0.1) is 0 Å². The fourth-order valence-electron chi connectivity index (χ4n) is 3.27. The number of rotatable bonds is 3. The van der Waals surface area contributed by atoms with Gasteiger partial charge in [0, 0.05) is 18.8 Å². The van der Waals surface area contributed by atoms with Crippen LogP contribution in [0.2, 0.25) is 0 Å². The number of benzene rings is 1. The van der Waals surface area contributed by atoms with Gasteiger partial charge in [0.1, 0.15) is 0 Å². The molecule has 5 heteroatoms. The van der Waals surface area contributed by atoms with E-state index in [9.17, 15) is 5.11 Å². The molecule has 1 N–H and O–H groups in total. The quantitative estimate of drug-likeness (QED) is 0.907. The van der Waals surface area contributed by atoms with Crippen molar-refractivity contribution in [3.63, 3.8) is 0 Å². The van der Waals surface area contributed by atoms with Gasteiger partial charge in [0.2, 0.25) is 0 Å². The summed E-state index contributed by atoms with van der Waals surface area (Å²) in [6, 6.07) is 3.93. The minimum atomic E-state index is -0.348. The van der Waals surface area contributed by atoms with E-state index >= 15 is 0 Å². The van der Waals surface area contributed by atoms with Gasteiger partial charge in [-0.05, 0) is 58.5 Å². The lowest BCUT2D eigenvalue weighted by atomic mass is 9.83. The minimum absolute atomic E-state index is 0.348. The van der Waals surface area contributed by atoms with E-state index in [0.717, 1.165) is 41.7 Å². The fourth-order valence-corrected chi connectivity index (χ4v) is 3.89. The van der Waals surface area contributed by atoms with E-state index in [4.69, 9.17) is 9.47 Å². The lowest BCUT2D eigenvalue weighted by Crippen LogP contribution is -2.48. The summed E-state index contributed by atoms with van der Waals surface area (Å²) in [6.45, 7) is 2.09. The molecule has 0 radical (unpaired) electrons. The lowest BCUT2D eigenvalue weighted by Gasteiger charge is -2.46. The summed E-state index contributed by atoms with van der Waals surface area (Å²) in [6.07, 6.45) is 3.89. The Morgan fingerprint density at radius 1 is 1.24 bits per heavy atom. The van der Waals surface area contributed by atoms with Crippen LogP contribution >= 0.6 is 15.9 Å². The van der Waals surface area contributed by atoms with Crippen molar-refractivity contribution in [1.29, 1.82) is 0 Å². The van der Waals surface area contributed by atoms with Crippen LogP contribution in [0.4, 0.5) is 0 Å². The van der Waals surface area contributed by atoms with E-state index < -0.39 is 0 Å². The molecular formula is C16H20BrNO3. The van der Waals surface area contributed by atoms with Gasteiger partial charge >= 0.3 is 0 Å². The molecule has 2 bridgehead atoms. The zero-order chi connectivity index (χ0) is 15.0. The molecular weight excluding hydrogens is 334 g/mol. The molecule has 1 aromatic rings. The van der Waals surface area contributed by atoms with Crippen molar-refractivity contribution in [2.45, 2.75) is 18.9 Å². The van der Waals surface area contributed by atoms with Gasteiger partial charge in [-0.1, -0.05) is 0 Å². The number of piperidine rings is 3. The molecule has 0 unspecified atom stereocenters. The maximum Gasteiger partial charge on any atom is 0.174 e. The number of ether oxygens (including phenoxy) is 2. The highest BCUT2D eigenvalue weighted by Crippen LogP contribution is 2.39. The summed E-state index contributed by atoms with van der Waals surface area (Å²) >= 11 is 3.51. The second kappa shape index (κ2) is 5.89. The number of aliphatic hydroxyl groups is 1. The van der Waals surface area contributed by atoms with Gasteiger partial charge in [-0.2, -0.15) is 0 Å². The predicted octanol–water partition coefficient (Wildman–Crippen LogP) is 2.89. The van der Waals surface area contributed by atoms with E-state index in [1.165, 1.54) is 0 Å². The first-order valence-electron chi connectivity index (χ1n) is 7.20. The Morgan fingerprint density at radius 3 is 2.52 bits per heavy atom. The highest BCUT2D eigenvalue weighted by Gasteiger charge is 2.36. The smallest absolute Gasteiger partial charge is 0.174 e. The maximum atomic E-state index is 10.4. The Bertz CT molecular complexity index is 561. The van der Waals surface area contributed by atoms with Crippen molar-refractivity contribution in [2.75, 3.05) is 27.3 Å². The molecule has 1 aromatic carbocycles. The molecule has 0 aliphatic carbocycles. The molecule has 4 nitrogen and oxygen atoms in total. The van der Waals surface area contributed by atoms with Gasteiger partial charge in [-0.25, -0.2) is 0 Å². The molecule has 0 aromatic heterocycles. The lowest BCUT2D eigenvalue weighted by molar-refractivity contribution is 0.0215. The van der Waals surface area contributed by atoms with E-state index in [1.54, 1.807) is 14.2 Å². The molecule has 0 spiro atoms. The summed E-state index contributed by atoms with van der Waals surface area (Å²) in [4.78, 5) is 2.29. The van der Waals surface area contributed by atoms with Crippen LogP contribution in [0.1, 0.15) is 18.4 Å². The maximum absolute atomic E-state index is 10.4. The van der Waals surface area contributed by atoms with Crippen LogP contribution in [0.15, 0.2) is 22.3 Å². The number of halogens is 1. The molecule has 3 saturated heterocycles. The Balaban J connectivity index is 1.97. The van der Waals surface area contributed by atoms with E-state index in [1.807, 2.05) is 12.1 Å². The second-order valence-corrected chi connectivity index (χ2v) is 6.43. The molecule has 3 fully saturated rings. The number of aliphatic hydroxyl groups excluding tert-OH is 1. The molecule has 1 atom stereocenters. The third kappa shape index (κ3) is 2.64. The SMILES string of the molecule is COc1cc(/C=C2/[C@@H](O)C3CCN2CC3)cc(Br)c1OC. The Labute approximate surface area is 133 Å². The van der Waals surface area contributed by atoms with Crippen molar-refractivity contribution >= 4 is 22.0 Å². The van der Waals surface area contributed by atoms with E-state index in [-0.39, 0.29) is 6.10 Å². The van der Waals surface area contributed by atoms with Gasteiger partial charge < -0.3 is 19.5 Å². The van der Waals surface area contributed by atoms with Gasteiger partial charge in [0.15, 0.2) is 11.5 Å². The largest absolute Gasteiger partial charge is 0.493 e. The third-order valence-corrected chi connectivity index (χ3v) is 5.01. The minimum Gasteiger partial charge on any atom is -0.493 e. The molecule has 21 heavy (non-hydrogen) atoms. The second-order valence-electron chi connectivity index (χ2n) is 5.58. The molecule has 3 aliphatic heterocycles. The fraction of sp³-hybridized carbons (Fsp3) is 0.500. The van der Waals surface area contributed by atoms with Crippen LogP contribution in [0.3, 0.4) is 0 Å². The topological polar surface area (TPSA) is 41.9 Å². The molecule has 3 heterocycles. The Morgan fingerprint density at radius 2 is 1.95 bits per heavy atom. The van der Waals surface area contributed by atoms with Gasteiger partial charge in [0.25, 0.3) is 0 Å². The number of nitrogens with zero attached hydrogens (tertiary/aromatic N) is 1. The van der Waals surface area contributed by atoms with Gasteiger partial charge in [-0.3, -0.25) is 0 Å². The summed E-state index contributed by atoms with van der Waals surface area (Å²) in [5.74, 6) is 1.78. The van der Waals surface area contributed by atoms with E-state index in [0.29, 0.717) is 17.4 Å². The summed E-state index contributed by atoms with van der Waals surface area (Å²) in [7, 11) is 3.25. The zero-order valence-corrected chi connectivity index (χ0v) is 13.9. The van der Waals surface area contributed by atoms with Crippen molar-refractivity contribution in [3.05, 3.63) is 27.9 Å². The summed E-state index contributed by atoms with van der Waals surface area (Å²) < 4.78 is 11.6. The van der Waals surface area contributed by atoms with E-state index in [2.05, 4.69) is 26.9 Å². The zero-order valence-electron chi connectivity index (χ0n) is 12.3. The highest BCUT2D eigenvalue weighted by atomic mass is 79.9. The molecule has 3 aliphatic rings. The number of methoxy groups -OCH3 is 2. The van der Waals surface area contributed by atoms with Crippen LogP contribution < -0.4 is 9.47 Å². The first-order chi connectivity index (χ1) is 10.1. The number of fused-ring (bicyclic) bond motifs is 3. The standard InChI is InChI=1S/C16H20BrNO3/c1-20-14-9-10(7-12(17)16(14)21-2)8-13-15(19)11-3-5-18(13)6-4-11/h7-9,11,15,19H,3-6H2,1-2H3/b13-8-/t15-/m0/s1. The van der Waals surface area contributed by atoms with Crippen LogP contribution in [0.25, 0.3) is 6.08 Å². The van der Waals surface area contributed by atoms with Crippen molar-refractivity contribution in [3.8, 4) is 11.5 Å². The molecule has 4 rings (SSSR count). The molecule has 0 saturated carbocycles. The van der Waals surface area contributed by atoms with Crippen LogP contribution in [0, 0.1) is 5.92 Å². The van der Waals surface area contributed by atoms with Crippen molar-refractivity contribution in [2.24, 2.45) is 5.92 Å². The molecule has 114 valence electrons. The van der Waals surface area contributed by atoms with Crippen molar-refractivity contribution < 1.29 is 14.6 Å². The third-order valence-electron chi connectivity index (χ3n) is 4.42. The van der Waals surface area contributed by atoms with Crippen molar-refractivity contribution in [1.82, 2.24) is 4.90 Å². The average Bonchev–Trinajstić information content (AvgIpc) is 2.50. The predicted molar refractivity (Wildman–Crippen MR) is 85.5 cm³/mol. The van der Waals surface area contributed by atoms with Crippen LogP contribution in [-0.2, 0) is 0 Å². The number of hydrogen-bond acceptors (Lipinski definition) is 4. The normalized spacial score (nSPS) is 26.3. The first kappa shape index (κ1) is 14.7. The Hall–Kier alpha value is -1.20. The summed E-state index contributed by atoms with van der Waals surface area (Å²) in [5, 5.41) is 10.4. The number of hydrogen-bond donors (Lipinski definition) is 1. The monoisotopic (exact) mass is 353 g/mol. The highest BCUT2D eigenvalue weighted by molar-refractivity contribution is 9.10. The summed E-state index contributed by atoms with van der Waals surface area (Å²) in [5.41, 5.74) is 2.03. The first-order valence-corrected chi connectivity index (χ1v) is 7.99. The van der Waals surface area contributed by atoms with Crippen LogP contribution in [-0.4, -0.2) is 43.4 Å². The van der Waals surface area contributed by atoms with Crippen LogP contribution in [0.5, 0.6) is 11.5 Å². The Kier molecular flexibility index (Phi) is 4.13.